The molecule has 2 rings (SSSR count). The summed E-state index contributed by atoms with van der Waals surface area (Å²) in [5, 5.41) is 6.95. The highest BCUT2D eigenvalue weighted by atomic mass is 127. The molecular weight excluding hydrogens is 449 g/mol. The molecule has 0 radical (unpaired) electrons. The molecule has 0 bridgehead atoms. The van der Waals surface area contributed by atoms with Crippen LogP contribution in [0.15, 0.2) is 22.5 Å². The van der Waals surface area contributed by atoms with Crippen LogP contribution in [0.25, 0.3) is 0 Å². The zero-order valence-electron chi connectivity index (χ0n) is 15.6. The van der Waals surface area contributed by atoms with Gasteiger partial charge >= 0.3 is 0 Å². The summed E-state index contributed by atoms with van der Waals surface area (Å²) in [5.41, 5.74) is 0. The van der Waals surface area contributed by atoms with Crippen LogP contribution in [0.4, 0.5) is 5.00 Å². The maximum Gasteiger partial charge on any atom is 0.194 e. The second kappa shape index (κ2) is 12.7. The number of likely N-dealkylation sites (N-methyl/N-ethyl adjacent to an activating group) is 1. The number of hydrogen-bond donors (Lipinski definition) is 1. The summed E-state index contributed by atoms with van der Waals surface area (Å²) in [6, 6.07) is 4.33. The molecule has 6 nitrogen and oxygen atoms in total. The molecule has 1 saturated heterocycles. The summed E-state index contributed by atoms with van der Waals surface area (Å²) in [5.74, 6) is 1.04. The average molecular weight is 481 g/mol. The largest absolute Gasteiger partial charge is 0.383 e. The van der Waals surface area contributed by atoms with E-state index in [1.54, 1.807) is 7.11 Å². The zero-order chi connectivity index (χ0) is 17.2. The van der Waals surface area contributed by atoms with Gasteiger partial charge in [-0.05, 0) is 31.5 Å². The number of hydrogen-bond acceptors (Lipinski definition) is 5. The van der Waals surface area contributed by atoms with E-state index in [-0.39, 0.29) is 24.0 Å². The van der Waals surface area contributed by atoms with Gasteiger partial charge in [-0.15, -0.1) is 35.3 Å². The Balaban J connectivity index is 0.00000312. The normalized spacial score (nSPS) is 15.4. The number of guanidine groups is 1. The molecule has 8 heteroatoms. The van der Waals surface area contributed by atoms with Crippen molar-refractivity contribution < 1.29 is 4.74 Å². The minimum Gasteiger partial charge on any atom is -0.383 e. The van der Waals surface area contributed by atoms with E-state index in [1.807, 2.05) is 11.3 Å². The number of ether oxygens (including phenoxy) is 1. The average Bonchev–Trinajstić information content (AvgIpc) is 3.14. The maximum atomic E-state index is 5.11. The lowest BCUT2D eigenvalue weighted by molar-refractivity contribution is 0.163. The fraction of sp³-hybridized carbons (Fsp3) is 0.706. The maximum absolute atomic E-state index is 5.11. The Morgan fingerprint density at radius 3 is 2.68 bits per heavy atom. The van der Waals surface area contributed by atoms with Crippen molar-refractivity contribution in [1.29, 1.82) is 0 Å². The van der Waals surface area contributed by atoms with E-state index in [0.29, 0.717) is 0 Å². The van der Waals surface area contributed by atoms with Gasteiger partial charge in [0.15, 0.2) is 5.96 Å². The monoisotopic (exact) mass is 481 g/mol. The molecule has 25 heavy (non-hydrogen) atoms. The number of nitrogens with one attached hydrogen (secondary N) is 1. The van der Waals surface area contributed by atoms with Gasteiger partial charge in [0.05, 0.1) is 18.2 Å². The molecule has 0 unspecified atom stereocenters. The van der Waals surface area contributed by atoms with Crippen LogP contribution in [0.5, 0.6) is 0 Å². The summed E-state index contributed by atoms with van der Waals surface area (Å²) in [7, 11) is 3.85. The Morgan fingerprint density at radius 2 is 2.08 bits per heavy atom. The fourth-order valence-corrected chi connectivity index (χ4v) is 3.49. The number of rotatable bonds is 8. The first-order valence-corrected chi connectivity index (χ1v) is 9.61. The third kappa shape index (κ3) is 7.67. The molecule has 144 valence electrons. The summed E-state index contributed by atoms with van der Waals surface area (Å²) >= 11 is 1.82. The van der Waals surface area contributed by atoms with Crippen molar-refractivity contribution >= 4 is 46.3 Å². The molecule has 1 aliphatic heterocycles. The van der Waals surface area contributed by atoms with Gasteiger partial charge in [0.2, 0.25) is 0 Å². The van der Waals surface area contributed by atoms with Gasteiger partial charge in [-0.3, -0.25) is 4.99 Å². The second-order valence-corrected chi connectivity index (χ2v) is 6.88. The molecule has 0 saturated carbocycles. The minimum atomic E-state index is 0. The molecule has 1 N–H and O–H groups in total. The summed E-state index contributed by atoms with van der Waals surface area (Å²) in [6.07, 6.45) is 0. The van der Waals surface area contributed by atoms with E-state index in [2.05, 4.69) is 51.5 Å². The van der Waals surface area contributed by atoms with Crippen LogP contribution >= 0.6 is 35.3 Å². The van der Waals surface area contributed by atoms with Crippen LogP contribution in [0, 0.1) is 0 Å². The highest BCUT2D eigenvalue weighted by molar-refractivity contribution is 14.0. The highest BCUT2D eigenvalue weighted by Gasteiger charge is 2.20. The van der Waals surface area contributed by atoms with Crippen molar-refractivity contribution in [3.05, 3.63) is 17.5 Å². The Bertz CT molecular complexity index is 477. The molecule has 0 atom stereocenters. The predicted octanol–water partition coefficient (Wildman–Crippen LogP) is 2.03. The van der Waals surface area contributed by atoms with E-state index in [0.717, 1.165) is 64.9 Å². The molecule has 1 aromatic rings. The zero-order valence-corrected chi connectivity index (χ0v) is 18.8. The number of methoxy groups -OCH3 is 1. The van der Waals surface area contributed by atoms with Crippen molar-refractivity contribution in [3.63, 3.8) is 0 Å². The predicted molar refractivity (Wildman–Crippen MR) is 119 cm³/mol. The number of thiophene rings is 1. The van der Waals surface area contributed by atoms with Gasteiger partial charge in [-0.25, -0.2) is 0 Å². The first kappa shape index (κ1) is 22.5. The number of anilines is 1. The lowest BCUT2D eigenvalue weighted by Gasteiger charge is -2.37. The topological polar surface area (TPSA) is 43.3 Å². The Labute approximate surface area is 173 Å². The van der Waals surface area contributed by atoms with Crippen molar-refractivity contribution in [2.45, 2.75) is 6.92 Å². The van der Waals surface area contributed by atoms with Crippen LogP contribution in [0.1, 0.15) is 6.92 Å². The Hall–Kier alpha value is -0.580. The van der Waals surface area contributed by atoms with Crippen molar-refractivity contribution in [2.24, 2.45) is 4.99 Å². The number of aliphatic imine (C=N–C) groups is 1. The first-order chi connectivity index (χ1) is 11.7. The van der Waals surface area contributed by atoms with E-state index in [4.69, 9.17) is 9.73 Å². The molecule has 0 spiro atoms. The van der Waals surface area contributed by atoms with Crippen LogP contribution in [0.3, 0.4) is 0 Å². The van der Waals surface area contributed by atoms with Crippen molar-refractivity contribution in [3.8, 4) is 0 Å². The minimum absolute atomic E-state index is 0. The highest BCUT2D eigenvalue weighted by Crippen LogP contribution is 2.22. The molecule has 2 heterocycles. The first-order valence-electron chi connectivity index (χ1n) is 8.73. The SMILES string of the molecule is CCNC(=NCCN(C)CCOC)N1CCN(c2cccs2)CC1.I. The lowest BCUT2D eigenvalue weighted by atomic mass is 10.3. The third-order valence-electron chi connectivity index (χ3n) is 4.15. The number of halogens is 1. The molecule has 0 aromatic carbocycles. The van der Waals surface area contributed by atoms with Crippen molar-refractivity contribution in [1.82, 2.24) is 15.1 Å². The van der Waals surface area contributed by atoms with Crippen LogP contribution in [-0.4, -0.2) is 88.9 Å². The quantitative estimate of drug-likeness (QED) is 0.350. The summed E-state index contributed by atoms with van der Waals surface area (Å²) < 4.78 is 5.11. The summed E-state index contributed by atoms with van der Waals surface area (Å²) in [6.45, 7) is 10.7. The molecule has 0 aliphatic carbocycles. The third-order valence-corrected chi connectivity index (χ3v) is 5.08. The Morgan fingerprint density at radius 1 is 1.32 bits per heavy atom. The van der Waals surface area contributed by atoms with Crippen LogP contribution in [0.2, 0.25) is 0 Å². The lowest BCUT2D eigenvalue weighted by Crippen LogP contribution is -2.52. The number of nitrogens with zero attached hydrogens (tertiary/aromatic N) is 4. The molecule has 1 aliphatic rings. The number of piperazine rings is 1. The Kier molecular flexibility index (Phi) is 11.4. The van der Waals surface area contributed by atoms with E-state index in [1.165, 1.54) is 5.00 Å². The van der Waals surface area contributed by atoms with Gasteiger partial charge in [0.25, 0.3) is 0 Å². The van der Waals surface area contributed by atoms with E-state index >= 15 is 0 Å². The molecule has 0 amide bonds. The van der Waals surface area contributed by atoms with E-state index in [9.17, 15) is 0 Å². The molecular formula is C17H32IN5OS. The van der Waals surface area contributed by atoms with Gasteiger partial charge in [0, 0.05) is 52.9 Å². The summed E-state index contributed by atoms with van der Waals surface area (Å²) in [4.78, 5) is 11.9. The van der Waals surface area contributed by atoms with Crippen LogP contribution in [-0.2, 0) is 4.74 Å². The van der Waals surface area contributed by atoms with Gasteiger partial charge < -0.3 is 24.8 Å². The van der Waals surface area contributed by atoms with Gasteiger partial charge in [-0.1, -0.05) is 0 Å². The van der Waals surface area contributed by atoms with Crippen molar-refractivity contribution in [2.75, 3.05) is 78.0 Å². The molecule has 1 fully saturated rings. The standard InChI is InChI=1S/C17H31N5OS.HI/c1-4-18-17(19-7-8-20(2)13-14-23-3)22-11-9-21(10-12-22)16-6-5-15-24-16;/h5-6,15H,4,7-14H2,1-3H3,(H,18,19);1H. The van der Waals surface area contributed by atoms with Gasteiger partial charge in [-0.2, -0.15) is 0 Å². The van der Waals surface area contributed by atoms with Gasteiger partial charge in [0.1, 0.15) is 0 Å². The molecule has 1 aromatic heterocycles. The second-order valence-electron chi connectivity index (χ2n) is 5.96. The van der Waals surface area contributed by atoms with E-state index < -0.39 is 0 Å². The smallest absolute Gasteiger partial charge is 0.194 e. The fourth-order valence-electron chi connectivity index (χ4n) is 2.70. The van der Waals surface area contributed by atoms with Crippen LogP contribution < -0.4 is 10.2 Å².